The predicted molar refractivity (Wildman–Crippen MR) is 69.6 cm³/mol. The summed E-state index contributed by atoms with van der Waals surface area (Å²) >= 11 is 2.27. The molecule has 0 aliphatic carbocycles. The zero-order valence-electron chi connectivity index (χ0n) is 8.96. The van der Waals surface area contributed by atoms with Crippen LogP contribution in [0, 0.1) is 3.57 Å². The van der Waals surface area contributed by atoms with Crippen LogP contribution in [0.4, 0.5) is 0 Å². The molecule has 3 nitrogen and oxygen atoms in total. The summed E-state index contributed by atoms with van der Waals surface area (Å²) in [7, 11) is 3.52. The van der Waals surface area contributed by atoms with Crippen LogP contribution in [0.2, 0.25) is 0 Å². The van der Waals surface area contributed by atoms with Crippen LogP contribution in [0.25, 0.3) is 0 Å². The van der Waals surface area contributed by atoms with E-state index in [2.05, 4.69) is 52.2 Å². The van der Waals surface area contributed by atoms with Crippen molar-refractivity contribution in [1.82, 2.24) is 10.2 Å². The molecule has 0 aliphatic rings. The largest absolute Gasteiger partial charge is 0.348 e. The highest BCUT2D eigenvalue weighted by Crippen LogP contribution is 2.06. The van der Waals surface area contributed by atoms with Crippen LogP contribution in [-0.2, 0) is 11.3 Å². The zero-order valence-corrected chi connectivity index (χ0v) is 11.1. The van der Waals surface area contributed by atoms with E-state index in [-0.39, 0.29) is 5.91 Å². The lowest BCUT2D eigenvalue weighted by molar-refractivity contribution is -0.127. The molecule has 0 atom stereocenters. The number of carbonyl (C=O) groups is 1. The first kappa shape index (κ1) is 12.4. The van der Waals surface area contributed by atoms with Crippen molar-refractivity contribution in [2.75, 3.05) is 20.6 Å². The molecule has 1 rings (SSSR count). The summed E-state index contributed by atoms with van der Waals surface area (Å²) < 4.78 is 1.22. The quantitative estimate of drug-likeness (QED) is 0.853. The van der Waals surface area contributed by atoms with E-state index >= 15 is 0 Å². The smallest absolute Gasteiger partial charge is 0.236 e. The number of rotatable bonds is 4. The van der Waals surface area contributed by atoms with Crippen LogP contribution in [0.15, 0.2) is 24.3 Å². The van der Waals surface area contributed by atoms with Gasteiger partial charge in [-0.1, -0.05) is 12.1 Å². The second-order valence-electron chi connectivity index (χ2n) is 3.52. The van der Waals surface area contributed by atoms with Crippen molar-refractivity contribution in [3.63, 3.8) is 0 Å². The molecule has 4 heteroatoms. The molecule has 0 fully saturated rings. The molecule has 1 aromatic carbocycles. The molecule has 1 amide bonds. The van der Waals surface area contributed by atoms with Gasteiger partial charge in [-0.05, 0) is 40.3 Å². The Morgan fingerprint density at radius 1 is 1.33 bits per heavy atom. The summed E-state index contributed by atoms with van der Waals surface area (Å²) in [5.41, 5.74) is 1.20. The van der Waals surface area contributed by atoms with Crippen LogP contribution >= 0.6 is 22.6 Å². The standard InChI is InChI=1S/C11H15IN2O/c1-14(2)11(15)8-13-7-9-3-5-10(12)6-4-9/h3-6,13H,7-8H2,1-2H3. The first-order chi connectivity index (χ1) is 7.09. The van der Waals surface area contributed by atoms with Crippen molar-refractivity contribution in [2.24, 2.45) is 0 Å². The number of nitrogens with one attached hydrogen (secondary N) is 1. The molecule has 0 saturated heterocycles. The minimum absolute atomic E-state index is 0.0977. The molecule has 1 N–H and O–H groups in total. The molecular formula is C11H15IN2O. The number of hydrogen-bond acceptors (Lipinski definition) is 2. The molecule has 0 unspecified atom stereocenters. The number of nitrogens with zero attached hydrogens (tertiary/aromatic N) is 1. The molecule has 0 bridgehead atoms. The highest BCUT2D eigenvalue weighted by atomic mass is 127. The summed E-state index contributed by atoms with van der Waals surface area (Å²) in [6.45, 7) is 1.12. The van der Waals surface area contributed by atoms with Gasteiger partial charge in [0.05, 0.1) is 6.54 Å². The molecule has 0 radical (unpaired) electrons. The molecule has 0 aromatic heterocycles. The number of halogens is 1. The number of carbonyl (C=O) groups excluding carboxylic acids is 1. The van der Waals surface area contributed by atoms with Crippen LogP contribution < -0.4 is 5.32 Å². The first-order valence-corrected chi connectivity index (χ1v) is 5.83. The van der Waals surface area contributed by atoms with E-state index < -0.39 is 0 Å². The average molecular weight is 318 g/mol. The van der Waals surface area contributed by atoms with Gasteiger partial charge in [-0.3, -0.25) is 4.79 Å². The molecule has 0 spiro atoms. The van der Waals surface area contributed by atoms with Gasteiger partial charge in [0.1, 0.15) is 0 Å². The van der Waals surface area contributed by atoms with Crippen molar-refractivity contribution in [2.45, 2.75) is 6.54 Å². The Labute approximate surface area is 104 Å². The van der Waals surface area contributed by atoms with Gasteiger partial charge >= 0.3 is 0 Å². The van der Waals surface area contributed by atoms with Crippen molar-refractivity contribution in [3.8, 4) is 0 Å². The number of amides is 1. The third-order valence-corrected chi connectivity index (χ3v) is 2.74. The summed E-state index contributed by atoms with van der Waals surface area (Å²) in [5.74, 6) is 0.0977. The van der Waals surface area contributed by atoms with Crippen LogP contribution in [0.3, 0.4) is 0 Å². The normalized spacial score (nSPS) is 10.1. The van der Waals surface area contributed by atoms with Crippen molar-refractivity contribution < 1.29 is 4.79 Å². The third kappa shape index (κ3) is 4.61. The fourth-order valence-corrected chi connectivity index (χ4v) is 1.43. The minimum atomic E-state index is 0.0977. The molecule has 0 heterocycles. The van der Waals surface area contributed by atoms with Crippen molar-refractivity contribution >= 4 is 28.5 Å². The van der Waals surface area contributed by atoms with Crippen molar-refractivity contribution in [1.29, 1.82) is 0 Å². The predicted octanol–water partition coefficient (Wildman–Crippen LogP) is 1.47. The number of benzene rings is 1. The summed E-state index contributed by atoms with van der Waals surface area (Å²) in [4.78, 5) is 12.8. The molecule has 0 aliphatic heterocycles. The second-order valence-corrected chi connectivity index (χ2v) is 4.76. The highest BCUT2D eigenvalue weighted by molar-refractivity contribution is 14.1. The van der Waals surface area contributed by atoms with Crippen LogP contribution in [0.1, 0.15) is 5.56 Å². The number of hydrogen-bond donors (Lipinski definition) is 1. The SMILES string of the molecule is CN(C)C(=O)CNCc1ccc(I)cc1. The molecule has 1 aromatic rings. The van der Waals surface area contributed by atoms with Gasteiger partial charge in [0.15, 0.2) is 0 Å². The van der Waals surface area contributed by atoms with E-state index in [1.54, 1.807) is 19.0 Å². The molecule has 0 saturated carbocycles. The lowest BCUT2D eigenvalue weighted by atomic mass is 10.2. The Morgan fingerprint density at radius 3 is 2.47 bits per heavy atom. The van der Waals surface area contributed by atoms with Gasteiger partial charge in [-0.15, -0.1) is 0 Å². The molecular weight excluding hydrogens is 303 g/mol. The van der Waals surface area contributed by atoms with E-state index in [1.165, 1.54) is 9.13 Å². The van der Waals surface area contributed by atoms with Gasteiger partial charge in [0, 0.05) is 24.2 Å². The third-order valence-electron chi connectivity index (χ3n) is 2.02. The Hall–Kier alpha value is -0.620. The molecule has 82 valence electrons. The van der Waals surface area contributed by atoms with Gasteiger partial charge in [-0.25, -0.2) is 0 Å². The van der Waals surface area contributed by atoms with Gasteiger partial charge in [0.2, 0.25) is 5.91 Å². The number of likely N-dealkylation sites (N-methyl/N-ethyl adjacent to an activating group) is 1. The first-order valence-electron chi connectivity index (χ1n) is 4.75. The van der Waals surface area contributed by atoms with E-state index in [4.69, 9.17) is 0 Å². The van der Waals surface area contributed by atoms with E-state index in [1.807, 2.05) is 0 Å². The lowest BCUT2D eigenvalue weighted by Crippen LogP contribution is -2.32. The highest BCUT2D eigenvalue weighted by Gasteiger charge is 2.02. The monoisotopic (exact) mass is 318 g/mol. The topological polar surface area (TPSA) is 32.3 Å². The van der Waals surface area contributed by atoms with E-state index in [0.29, 0.717) is 6.54 Å². The van der Waals surface area contributed by atoms with Crippen molar-refractivity contribution in [3.05, 3.63) is 33.4 Å². The Kier molecular flexibility index (Phi) is 5.04. The average Bonchev–Trinajstić information content (AvgIpc) is 2.20. The van der Waals surface area contributed by atoms with Gasteiger partial charge in [-0.2, -0.15) is 0 Å². The maximum atomic E-state index is 11.2. The Morgan fingerprint density at radius 2 is 1.93 bits per heavy atom. The summed E-state index contributed by atoms with van der Waals surface area (Å²) in [6, 6.07) is 8.25. The van der Waals surface area contributed by atoms with E-state index in [9.17, 15) is 4.79 Å². The fourth-order valence-electron chi connectivity index (χ4n) is 1.07. The summed E-state index contributed by atoms with van der Waals surface area (Å²) in [5, 5.41) is 3.11. The molecule has 15 heavy (non-hydrogen) atoms. The Bertz CT molecular complexity index is 322. The second kappa shape index (κ2) is 6.07. The van der Waals surface area contributed by atoms with Crippen LogP contribution in [0.5, 0.6) is 0 Å². The minimum Gasteiger partial charge on any atom is -0.348 e. The fraction of sp³-hybridized carbons (Fsp3) is 0.364. The summed E-state index contributed by atoms with van der Waals surface area (Å²) in [6.07, 6.45) is 0. The van der Waals surface area contributed by atoms with Gasteiger partial charge in [0.25, 0.3) is 0 Å². The van der Waals surface area contributed by atoms with Crippen LogP contribution in [-0.4, -0.2) is 31.4 Å². The van der Waals surface area contributed by atoms with Gasteiger partial charge < -0.3 is 10.2 Å². The zero-order chi connectivity index (χ0) is 11.3. The lowest BCUT2D eigenvalue weighted by Gasteiger charge is -2.10. The Balaban J connectivity index is 2.32. The maximum absolute atomic E-state index is 11.2. The maximum Gasteiger partial charge on any atom is 0.236 e. The van der Waals surface area contributed by atoms with E-state index in [0.717, 1.165) is 6.54 Å².